The van der Waals surface area contributed by atoms with Gasteiger partial charge < -0.3 is 5.73 Å². The molecular formula is C10H7BrF2N2. The number of nitrogen functional groups attached to an aromatic ring is 1. The second-order valence-electron chi connectivity index (χ2n) is 3.10. The van der Waals surface area contributed by atoms with Crippen molar-refractivity contribution < 1.29 is 8.78 Å². The molecular weight excluding hydrogens is 266 g/mol. The summed E-state index contributed by atoms with van der Waals surface area (Å²) >= 11 is 3.28. The number of rotatable bonds is 1. The second kappa shape index (κ2) is 3.73. The van der Waals surface area contributed by atoms with Crippen LogP contribution in [0.2, 0.25) is 0 Å². The molecule has 0 saturated carbocycles. The van der Waals surface area contributed by atoms with Crippen molar-refractivity contribution in [1.82, 2.24) is 4.98 Å². The predicted octanol–water partition coefficient (Wildman–Crippen LogP) is 3.52. The minimum absolute atomic E-state index is 0.290. The molecule has 0 aliphatic carbocycles. The maximum Gasteiger partial charge on any atom is 0.280 e. The van der Waals surface area contributed by atoms with E-state index < -0.39 is 6.43 Å². The highest BCUT2D eigenvalue weighted by molar-refractivity contribution is 9.10. The van der Waals surface area contributed by atoms with E-state index in [-0.39, 0.29) is 5.69 Å². The first-order valence-electron chi connectivity index (χ1n) is 4.22. The Balaban J connectivity index is 2.73. The van der Waals surface area contributed by atoms with E-state index in [4.69, 9.17) is 5.73 Å². The molecule has 15 heavy (non-hydrogen) atoms. The first-order chi connectivity index (χ1) is 7.08. The van der Waals surface area contributed by atoms with Gasteiger partial charge in [-0.2, -0.15) is 0 Å². The average molecular weight is 273 g/mol. The van der Waals surface area contributed by atoms with Gasteiger partial charge in [0.05, 0.1) is 5.52 Å². The van der Waals surface area contributed by atoms with Crippen molar-refractivity contribution in [3.05, 3.63) is 34.4 Å². The fourth-order valence-electron chi connectivity index (χ4n) is 1.36. The van der Waals surface area contributed by atoms with Gasteiger partial charge in [-0.3, -0.25) is 0 Å². The molecule has 1 heterocycles. The van der Waals surface area contributed by atoms with Crippen molar-refractivity contribution in [2.24, 2.45) is 0 Å². The molecule has 0 amide bonds. The largest absolute Gasteiger partial charge is 0.398 e. The van der Waals surface area contributed by atoms with Gasteiger partial charge in [0.2, 0.25) is 0 Å². The van der Waals surface area contributed by atoms with Crippen molar-refractivity contribution in [2.75, 3.05) is 5.73 Å². The predicted molar refractivity (Wildman–Crippen MR) is 58.8 cm³/mol. The average Bonchev–Trinajstić information content (AvgIpc) is 2.18. The van der Waals surface area contributed by atoms with Crippen LogP contribution in [0.3, 0.4) is 0 Å². The van der Waals surface area contributed by atoms with Crippen LogP contribution in [0, 0.1) is 0 Å². The van der Waals surface area contributed by atoms with E-state index >= 15 is 0 Å². The monoisotopic (exact) mass is 272 g/mol. The van der Waals surface area contributed by atoms with Gasteiger partial charge >= 0.3 is 0 Å². The number of aromatic nitrogens is 1. The van der Waals surface area contributed by atoms with E-state index in [9.17, 15) is 8.78 Å². The third-order valence-corrected chi connectivity index (χ3v) is 2.54. The molecule has 1 aromatic heterocycles. The van der Waals surface area contributed by atoms with Crippen LogP contribution in [0.5, 0.6) is 0 Å². The molecule has 0 bridgehead atoms. The summed E-state index contributed by atoms with van der Waals surface area (Å²) in [5.41, 5.74) is 6.18. The Kier molecular flexibility index (Phi) is 2.56. The topological polar surface area (TPSA) is 38.9 Å². The highest BCUT2D eigenvalue weighted by atomic mass is 79.9. The molecule has 2 nitrogen and oxygen atoms in total. The number of anilines is 1. The van der Waals surface area contributed by atoms with E-state index in [0.717, 1.165) is 4.47 Å². The lowest BCUT2D eigenvalue weighted by atomic mass is 10.1. The Labute approximate surface area is 93.2 Å². The zero-order valence-corrected chi connectivity index (χ0v) is 9.13. The smallest absolute Gasteiger partial charge is 0.280 e. The molecule has 0 fully saturated rings. The number of nitrogens with zero attached hydrogens (tertiary/aromatic N) is 1. The van der Waals surface area contributed by atoms with Crippen LogP contribution >= 0.6 is 15.9 Å². The second-order valence-corrected chi connectivity index (χ2v) is 4.01. The molecule has 0 radical (unpaired) electrons. The van der Waals surface area contributed by atoms with Crippen LogP contribution in [-0.2, 0) is 0 Å². The molecule has 2 rings (SSSR count). The summed E-state index contributed by atoms with van der Waals surface area (Å²) in [4.78, 5) is 3.83. The quantitative estimate of drug-likeness (QED) is 0.863. The maximum atomic E-state index is 12.4. The molecule has 2 aromatic rings. The summed E-state index contributed by atoms with van der Waals surface area (Å²) in [5, 5.41) is 0.675. The molecule has 0 spiro atoms. The number of pyridine rings is 1. The number of benzene rings is 1. The van der Waals surface area contributed by atoms with Crippen molar-refractivity contribution in [2.45, 2.75) is 6.43 Å². The number of fused-ring (bicyclic) bond motifs is 1. The molecule has 5 heteroatoms. The molecule has 0 unspecified atom stereocenters. The highest BCUT2D eigenvalue weighted by Gasteiger charge is 2.11. The zero-order valence-electron chi connectivity index (χ0n) is 7.55. The van der Waals surface area contributed by atoms with Gasteiger partial charge in [0.25, 0.3) is 6.43 Å². The van der Waals surface area contributed by atoms with Crippen LogP contribution in [-0.4, -0.2) is 4.98 Å². The normalized spacial score (nSPS) is 11.2. The summed E-state index contributed by atoms with van der Waals surface area (Å²) in [6.45, 7) is 0. The SMILES string of the molecule is Nc1cc(C(F)F)nc2ccc(Br)cc12. The summed E-state index contributed by atoms with van der Waals surface area (Å²) in [6, 6.07) is 6.36. The van der Waals surface area contributed by atoms with Crippen LogP contribution in [0.25, 0.3) is 10.9 Å². The molecule has 0 atom stereocenters. The lowest BCUT2D eigenvalue weighted by Gasteiger charge is -2.05. The first-order valence-corrected chi connectivity index (χ1v) is 5.01. The lowest BCUT2D eigenvalue weighted by Crippen LogP contribution is -1.96. The minimum Gasteiger partial charge on any atom is -0.398 e. The van der Waals surface area contributed by atoms with Crippen LogP contribution in [0.15, 0.2) is 28.7 Å². The van der Waals surface area contributed by atoms with Gasteiger partial charge in [0.15, 0.2) is 0 Å². The van der Waals surface area contributed by atoms with Crippen molar-refractivity contribution in [3.63, 3.8) is 0 Å². The van der Waals surface area contributed by atoms with Gasteiger partial charge in [-0.25, -0.2) is 13.8 Å². The standard InChI is InChI=1S/C10H7BrF2N2/c11-5-1-2-8-6(3-5)7(14)4-9(15-8)10(12)13/h1-4,10H,(H2,14,15). The van der Waals surface area contributed by atoms with E-state index in [2.05, 4.69) is 20.9 Å². The molecule has 78 valence electrons. The number of alkyl halides is 2. The van der Waals surface area contributed by atoms with Crippen molar-refractivity contribution >= 4 is 32.5 Å². The summed E-state index contributed by atoms with van der Waals surface area (Å²) < 4.78 is 25.7. The molecule has 2 N–H and O–H groups in total. The van der Waals surface area contributed by atoms with Crippen molar-refractivity contribution in [1.29, 1.82) is 0 Å². The highest BCUT2D eigenvalue weighted by Crippen LogP contribution is 2.27. The van der Waals surface area contributed by atoms with E-state index in [0.29, 0.717) is 16.6 Å². The Hall–Kier alpha value is -1.23. The Morgan fingerprint density at radius 1 is 1.27 bits per heavy atom. The van der Waals surface area contributed by atoms with Gasteiger partial charge in [0, 0.05) is 15.5 Å². The number of hydrogen-bond acceptors (Lipinski definition) is 2. The lowest BCUT2D eigenvalue weighted by molar-refractivity contribution is 0.146. The molecule has 0 aliphatic rings. The Morgan fingerprint density at radius 3 is 2.67 bits per heavy atom. The summed E-state index contributed by atoms with van der Waals surface area (Å²) in [7, 11) is 0. The number of hydrogen-bond donors (Lipinski definition) is 1. The fourth-order valence-corrected chi connectivity index (χ4v) is 1.72. The van der Waals surface area contributed by atoms with Gasteiger partial charge in [-0.05, 0) is 24.3 Å². The maximum absolute atomic E-state index is 12.4. The van der Waals surface area contributed by atoms with E-state index in [1.807, 2.05) is 0 Å². The zero-order chi connectivity index (χ0) is 11.0. The van der Waals surface area contributed by atoms with Gasteiger partial charge in [0.1, 0.15) is 5.69 Å². The van der Waals surface area contributed by atoms with Crippen LogP contribution in [0.4, 0.5) is 14.5 Å². The van der Waals surface area contributed by atoms with E-state index in [1.165, 1.54) is 6.07 Å². The Morgan fingerprint density at radius 2 is 2.00 bits per heavy atom. The van der Waals surface area contributed by atoms with E-state index in [1.54, 1.807) is 18.2 Å². The first kappa shape index (κ1) is 10.3. The molecule has 0 saturated heterocycles. The molecule has 0 aliphatic heterocycles. The third kappa shape index (κ3) is 1.92. The minimum atomic E-state index is -2.60. The van der Waals surface area contributed by atoms with Gasteiger partial charge in [-0.1, -0.05) is 15.9 Å². The van der Waals surface area contributed by atoms with Gasteiger partial charge in [-0.15, -0.1) is 0 Å². The summed E-state index contributed by atoms with van der Waals surface area (Å²) in [6.07, 6.45) is -2.60. The number of halogens is 3. The Bertz CT molecular complexity index is 514. The van der Waals surface area contributed by atoms with Crippen LogP contribution < -0.4 is 5.73 Å². The number of nitrogens with two attached hydrogens (primary N) is 1. The fraction of sp³-hybridized carbons (Fsp3) is 0.100. The van der Waals surface area contributed by atoms with Crippen molar-refractivity contribution in [3.8, 4) is 0 Å². The third-order valence-electron chi connectivity index (χ3n) is 2.05. The summed E-state index contributed by atoms with van der Waals surface area (Å²) in [5.74, 6) is 0. The molecule has 1 aromatic carbocycles. The van der Waals surface area contributed by atoms with Crippen LogP contribution in [0.1, 0.15) is 12.1 Å².